The van der Waals surface area contributed by atoms with E-state index in [1.807, 2.05) is 19.4 Å². The van der Waals surface area contributed by atoms with E-state index < -0.39 is 11.5 Å². The number of rotatable bonds is 7. The Morgan fingerprint density at radius 1 is 1.29 bits per heavy atom. The minimum atomic E-state index is -0.699. The summed E-state index contributed by atoms with van der Waals surface area (Å²) in [6.07, 6.45) is 10.2. The highest BCUT2D eigenvalue weighted by atomic mass is 16.4. The van der Waals surface area contributed by atoms with Gasteiger partial charge in [0.1, 0.15) is 5.54 Å². The van der Waals surface area contributed by atoms with Crippen molar-refractivity contribution in [3.63, 3.8) is 0 Å². The van der Waals surface area contributed by atoms with Crippen LogP contribution >= 0.6 is 0 Å². The Morgan fingerprint density at radius 3 is 2.42 bits per heavy atom. The fourth-order valence-electron chi connectivity index (χ4n) is 3.59. The summed E-state index contributed by atoms with van der Waals surface area (Å²) in [5.41, 5.74) is 0.442. The Morgan fingerprint density at radius 2 is 1.92 bits per heavy atom. The molecule has 3 rings (SSSR count). The van der Waals surface area contributed by atoms with E-state index in [2.05, 4.69) is 27.1 Å². The summed E-state index contributed by atoms with van der Waals surface area (Å²) in [4.78, 5) is 22.7. The first-order valence-electron chi connectivity index (χ1n) is 9.05. The topological polar surface area (TPSA) is 78.4 Å². The van der Waals surface area contributed by atoms with Crippen LogP contribution in [-0.4, -0.2) is 46.2 Å². The predicted molar refractivity (Wildman–Crippen MR) is 93.2 cm³/mol. The van der Waals surface area contributed by atoms with E-state index >= 15 is 0 Å². The molecule has 1 heterocycles. The van der Waals surface area contributed by atoms with Crippen molar-refractivity contribution in [2.75, 3.05) is 18.5 Å². The van der Waals surface area contributed by atoms with Gasteiger partial charge in [-0.15, -0.1) is 0 Å². The molecule has 2 N–H and O–H groups in total. The van der Waals surface area contributed by atoms with Crippen LogP contribution in [0.5, 0.6) is 0 Å². The third-order valence-corrected chi connectivity index (χ3v) is 5.40. The minimum absolute atomic E-state index is 0.422. The molecule has 0 aromatic carbocycles. The highest BCUT2D eigenvalue weighted by Gasteiger charge is 2.45. The maximum Gasteiger partial charge on any atom is 0.323 e. The van der Waals surface area contributed by atoms with Gasteiger partial charge in [0.2, 0.25) is 5.95 Å². The predicted octanol–water partition coefficient (Wildman–Crippen LogP) is 2.24. The lowest BCUT2D eigenvalue weighted by molar-refractivity contribution is -0.147. The third kappa shape index (κ3) is 3.86. The van der Waals surface area contributed by atoms with Crippen LogP contribution in [0.25, 0.3) is 0 Å². The molecule has 24 heavy (non-hydrogen) atoms. The fraction of sp³-hybridized carbons (Fsp3) is 0.722. The van der Waals surface area contributed by atoms with Crippen molar-refractivity contribution in [1.29, 1.82) is 0 Å². The van der Waals surface area contributed by atoms with E-state index in [9.17, 15) is 9.90 Å². The van der Waals surface area contributed by atoms with Gasteiger partial charge in [-0.25, -0.2) is 9.97 Å². The second kappa shape index (κ2) is 7.05. The van der Waals surface area contributed by atoms with Gasteiger partial charge in [-0.1, -0.05) is 6.92 Å². The Labute approximate surface area is 143 Å². The number of carboxylic acids is 1. The monoisotopic (exact) mass is 332 g/mol. The summed E-state index contributed by atoms with van der Waals surface area (Å²) in [5, 5.41) is 13.1. The zero-order valence-corrected chi connectivity index (χ0v) is 14.7. The third-order valence-electron chi connectivity index (χ3n) is 5.40. The molecule has 0 bridgehead atoms. The van der Waals surface area contributed by atoms with Crippen LogP contribution in [0.3, 0.4) is 0 Å². The van der Waals surface area contributed by atoms with E-state index in [0.29, 0.717) is 24.8 Å². The van der Waals surface area contributed by atoms with E-state index in [-0.39, 0.29) is 0 Å². The van der Waals surface area contributed by atoms with Crippen LogP contribution in [0.4, 0.5) is 5.95 Å². The lowest BCUT2D eigenvalue weighted by Crippen LogP contribution is -2.55. The van der Waals surface area contributed by atoms with Crippen molar-refractivity contribution >= 4 is 11.9 Å². The molecular formula is C18H28N4O2. The number of aromatic nitrogens is 2. The summed E-state index contributed by atoms with van der Waals surface area (Å²) >= 11 is 0. The number of aryl methyl sites for hydroxylation is 1. The first-order chi connectivity index (χ1) is 11.5. The lowest BCUT2D eigenvalue weighted by atomic mass is 9.76. The molecule has 2 aliphatic rings. The standard InChI is InChI=1S/C18H28N4O2/c1-3-13-10-19-17(20-11-13)22(2)12-14-6-8-18(9-7-14,16(23)24)21-15-4-5-15/h10-11,14-15,21H,3-9,12H2,1-2H3,(H,23,24). The molecule has 6 heteroatoms. The van der Waals surface area contributed by atoms with Gasteiger partial charge in [0.25, 0.3) is 0 Å². The molecule has 0 atom stereocenters. The van der Waals surface area contributed by atoms with E-state index in [1.54, 1.807) is 0 Å². The molecule has 0 unspecified atom stereocenters. The highest BCUT2D eigenvalue weighted by Crippen LogP contribution is 2.36. The zero-order chi connectivity index (χ0) is 17.2. The van der Waals surface area contributed by atoms with Gasteiger partial charge < -0.3 is 10.0 Å². The van der Waals surface area contributed by atoms with Gasteiger partial charge in [0, 0.05) is 32.0 Å². The van der Waals surface area contributed by atoms with Crippen molar-refractivity contribution < 1.29 is 9.90 Å². The van der Waals surface area contributed by atoms with Gasteiger partial charge in [-0.2, -0.15) is 0 Å². The Hall–Kier alpha value is -1.69. The number of carbonyl (C=O) groups is 1. The Balaban J connectivity index is 1.54. The summed E-state index contributed by atoms with van der Waals surface area (Å²) < 4.78 is 0. The highest BCUT2D eigenvalue weighted by molar-refractivity contribution is 5.79. The average Bonchev–Trinajstić information content (AvgIpc) is 3.40. The van der Waals surface area contributed by atoms with Crippen LogP contribution < -0.4 is 10.2 Å². The molecule has 1 aromatic rings. The summed E-state index contributed by atoms with van der Waals surface area (Å²) in [6.45, 7) is 2.97. The molecule has 6 nitrogen and oxygen atoms in total. The van der Waals surface area contributed by atoms with Gasteiger partial charge >= 0.3 is 5.97 Å². The van der Waals surface area contributed by atoms with Crippen molar-refractivity contribution in [1.82, 2.24) is 15.3 Å². The molecule has 2 aliphatic carbocycles. The Kier molecular flexibility index (Phi) is 5.04. The molecule has 1 aromatic heterocycles. The zero-order valence-electron chi connectivity index (χ0n) is 14.7. The Bertz CT molecular complexity index is 563. The molecule has 0 amide bonds. The first kappa shape index (κ1) is 17.1. The largest absolute Gasteiger partial charge is 0.480 e. The van der Waals surface area contributed by atoms with Crippen LogP contribution in [0.1, 0.15) is 51.0 Å². The van der Waals surface area contributed by atoms with E-state index in [1.165, 1.54) is 0 Å². The maximum atomic E-state index is 11.8. The van der Waals surface area contributed by atoms with Crippen molar-refractivity contribution in [2.24, 2.45) is 5.92 Å². The van der Waals surface area contributed by atoms with Gasteiger partial charge in [-0.05, 0) is 56.4 Å². The van der Waals surface area contributed by atoms with Gasteiger partial charge in [0.05, 0.1) is 0 Å². The van der Waals surface area contributed by atoms with Crippen molar-refractivity contribution in [2.45, 2.75) is 63.5 Å². The fourth-order valence-corrected chi connectivity index (χ4v) is 3.59. The van der Waals surface area contributed by atoms with Crippen molar-refractivity contribution in [3.05, 3.63) is 18.0 Å². The quantitative estimate of drug-likeness (QED) is 0.797. The molecule has 0 spiro atoms. The second-order valence-corrected chi connectivity index (χ2v) is 7.37. The molecular weight excluding hydrogens is 304 g/mol. The smallest absolute Gasteiger partial charge is 0.323 e. The van der Waals surface area contributed by atoms with Crippen LogP contribution in [0.2, 0.25) is 0 Å². The molecule has 132 valence electrons. The minimum Gasteiger partial charge on any atom is -0.480 e. The number of anilines is 1. The number of nitrogens with zero attached hydrogens (tertiary/aromatic N) is 3. The van der Waals surface area contributed by atoms with Crippen molar-refractivity contribution in [3.8, 4) is 0 Å². The molecule has 0 aliphatic heterocycles. The molecule has 2 saturated carbocycles. The van der Waals surface area contributed by atoms with Gasteiger partial charge in [0.15, 0.2) is 0 Å². The maximum absolute atomic E-state index is 11.8. The number of nitrogens with one attached hydrogen (secondary N) is 1. The van der Waals surface area contributed by atoms with Crippen LogP contribution in [0.15, 0.2) is 12.4 Å². The normalized spacial score (nSPS) is 27.0. The SMILES string of the molecule is CCc1cnc(N(C)CC2CCC(NC3CC3)(C(=O)O)CC2)nc1. The number of hydrogen-bond donors (Lipinski definition) is 2. The summed E-state index contributed by atoms with van der Waals surface area (Å²) in [7, 11) is 2.02. The summed E-state index contributed by atoms with van der Waals surface area (Å²) in [6, 6.07) is 0.422. The van der Waals surface area contributed by atoms with Crippen LogP contribution in [-0.2, 0) is 11.2 Å². The number of carboxylic acid groups (broad SMARTS) is 1. The average molecular weight is 332 g/mol. The van der Waals surface area contributed by atoms with E-state index in [4.69, 9.17) is 0 Å². The number of aliphatic carboxylic acids is 1. The van der Waals surface area contributed by atoms with E-state index in [0.717, 1.165) is 50.2 Å². The second-order valence-electron chi connectivity index (χ2n) is 7.37. The lowest BCUT2D eigenvalue weighted by Gasteiger charge is -2.38. The molecule has 0 radical (unpaired) electrons. The number of hydrogen-bond acceptors (Lipinski definition) is 5. The molecule has 2 fully saturated rings. The van der Waals surface area contributed by atoms with Crippen LogP contribution in [0, 0.1) is 5.92 Å². The summed E-state index contributed by atoms with van der Waals surface area (Å²) in [5.74, 6) is 0.566. The molecule has 0 saturated heterocycles. The first-order valence-corrected chi connectivity index (χ1v) is 9.05. The van der Waals surface area contributed by atoms with Gasteiger partial charge in [-0.3, -0.25) is 10.1 Å².